The lowest BCUT2D eigenvalue weighted by Crippen LogP contribution is -2.48. The average molecular weight is 282 g/mol. The minimum absolute atomic E-state index is 0.138. The molecule has 2 fully saturated rings. The molecule has 2 saturated heterocycles. The normalized spacial score (nSPS) is 26.6. The van der Waals surface area contributed by atoms with Gasteiger partial charge in [0.25, 0.3) is 0 Å². The molecular weight excluding hydrogens is 262 g/mol. The van der Waals surface area contributed by atoms with Crippen LogP contribution in [0.2, 0.25) is 0 Å². The van der Waals surface area contributed by atoms with Crippen LogP contribution in [0.15, 0.2) is 12.4 Å². The SMILES string of the molecule is CC1(C)OB(c2cnn(CC3(F)COC3)c2)OC1(C)C. The lowest BCUT2D eigenvalue weighted by atomic mass is 9.82. The Labute approximate surface area is 118 Å². The molecular formula is C13H20BFN2O3. The van der Waals surface area contributed by atoms with Crippen molar-refractivity contribution in [1.82, 2.24) is 9.78 Å². The monoisotopic (exact) mass is 282 g/mol. The molecule has 0 N–H and O–H groups in total. The van der Waals surface area contributed by atoms with Crippen molar-refractivity contribution in [2.75, 3.05) is 13.2 Å². The van der Waals surface area contributed by atoms with E-state index < -0.39 is 12.8 Å². The first-order chi connectivity index (χ1) is 9.21. The van der Waals surface area contributed by atoms with Crippen LogP contribution in [0.4, 0.5) is 4.39 Å². The second-order valence-corrected chi connectivity index (χ2v) is 6.70. The second kappa shape index (κ2) is 4.29. The number of hydrogen-bond donors (Lipinski definition) is 0. The highest BCUT2D eigenvalue weighted by molar-refractivity contribution is 6.61. The summed E-state index contributed by atoms with van der Waals surface area (Å²) < 4.78 is 32.3. The Morgan fingerprint density at radius 1 is 1.25 bits per heavy atom. The van der Waals surface area contributed by atoms with Crippen LogP contribution in [-0.2, 0) is 20.6 Å². The summed E-state index contributed by atoms with van der Waals surface area (Å²) in [5, 5.41) is 4.18. The van der Waals surface area contributed by atoms with Crippen molar-refractivity contribution in [3.63, 3.8) is 0 Å². The zero-order chi connectivity index (χ0) is 14.6. The highest BCUT2D eigenvalue weighted by atomic mass is 19.1. The molecule has 0 atom stereocenters. The number of rotatable bonds is 3. The summed E-state index contributed by atoms with van der Waals surface area (Å²) in [7, 11) is -0.457. The van der Waals surface area contributed by atoms with E-state index in [0.29, 0.717) is 0 Å². The molecule has 0 amide bonds. The van der Waals surface area contributed by atoms with Gasteiger partial charge >= 0.3 is 7.12 Å². The van der Waals surface area contributed by atoms with Crippen LogP contribution in [0.5, 0.6) is 0 Å². The fourth-order valence-corrected chi connectivity index (χ4v) is 2.27. The molecule has 110 valence electrons. The van der Waals surface area contributed by atoms with Gasteiger partial charge in [-0.1, -0.05) is 0 Å². The molecule has 2 aliphatic heterocycles. The van der Waals surface area contributed by atoms with E-state index in [1.165, 1.54) is 0 Å². The maximum Gasteiger partial charge on any atom is 0.498 e. The zero-order valence-corrected chi connectivity index (χ0v) is 12.4. The highest BCUT2D eigenvalue weighted by Gasteiger charge is 2.52. The molecule has 7 heteroatoms. The Kier molecular flexibility index (Phi) is 3.01. The smallest absolute Gasteiger partial charge is 0.399 e. The maximum atomic E-state index is 14.0. The predicted octanol–water partition coefficient (Wildman–Crippen LogP) is 0.921. The van der Waals surface area contributed by atoms with Crippen molar-refractivity contribution in [1.29, 1.82) is 0 Å². The molecule has 1 aromatic heterocycles. The summed E-state index contributed by atoms with van der Waals surface area (Å²) in [5.41, 5.74) is -1.25. The second-order valence-electron chi connectivity index (χ2n) is 6.70. The van der Waals surface area contributed by atoms with Gasteiger partial charge in [0.1, 0.15) is 0 Å². The fourth-order valence-electron chi connectivity index (χ4n) is 2.27. The number of ether oxygens (including phenoxy) is 1. The van der Waals surface area contributed by atoms with Gasteiger partial charge in [-0.2, -0.15) is 5.10 Å². The Hall–Kier alpha value is -0.915. The summed E-state index contributed by atoms with van der Waals surface area (Å²) in [6.07, 6.45) is 3.45. The molecule has 20 heavy (non-hydrogen) atoms. The third-order valence-corrected chi connectivity index (χ3v) is 4.35. The van der Waals surface area contributed by atoms with E-state index in [1.54, 1.807) is 17.1 Å². The molecule has 3 rings (SSSR count). The first-order valence-corrected chi connectivity index (χ1v) is 6.86. The number of halogens is 1. The van der Waals surface area contributed by atoms with Gasteiger partial charge in [-0.25, -0.2) is 4.39 Å². The van der Waals surface area contributed by atoms with Crippen molar-refractivity contribution in [2.24, 2.45) is 0 Å². The largest absolute Gasteiger partial charge is 0.498 e. The van der Waals surface area contributed by atoms with E-state index in [-0.39, 0.29) is 31.0 Å². The summed E-state index contributed by atoms with van der Waals surface area (Å²) >= 11 is 0. The van der Waals surface area contributed by atoms with Gasteiger partial charge in [0, 0.05) is 17.9 Å². The van der Waals surface area contributed by atoms with Crippen LogP contribution in [0.1, 0.15) is 27.7 Å². The Bertz CT molecular complexity index is 497. The van der Waals surface area contributed by atoms with Gasteiger partial charge in [-0.3, -0.25) is 4.68 Å². The van der Waals surface area contributed by atoms with Gasteiger partial charge in [0.15, 0.2) is 5.67 Å². The third-order valence-electron chi connectivity index (χ3n) is 4.35. The van der Waals surface area contributed by atoms with Gasteiger partial charge in [-0.15, -0.1) is 0 Å². The molecule has 0 unspecified atom stereocenters. The molecule has 0 spiro atoms. The van der Waals surface area contributed by atoms with E-state index in [1.807, 2.05) is 27.7 Å². The Morgan fingerprint density at radius 2 is 1.85 bits per heavy atom. The number of alkyl halides is 1. The zero-order valence-electron chi connectivity index (χ0n) is 12.4. The highest BCUT2D eigenvalue weighted by Crippen LogP contribution is 2.36. The average Bonchev–Trinajstić information content (AvgIpc) is 2.80. The molecule has 0 radical (unpaired) electrons. The van der Waals surface area contributed by atoms with Crippen LogP contribution in [0.25, 0.3) is 0 Å². The first-order valence-electron chi connectivity index (χ1n) is 6.86. The quantitative estimate of drug-likeness (QED) is 0.773. The predicted molar refractivity (Wildman–Crippen MR) is 72.6 cm³/mol. The summed E-state index contributed by atoms with van der Waals surface area (Å²) in [5.74, 6) is 0. The Morgan fingerprint density at radius 3 is 2.35 bits per heavy atom. The summed E-state index contributed by atoms with van der Waals surface area (Å²) in [4.78, 5) is 0. The van der Waals surface area contributed by atoms with Gasteiger partial charge < -0.3 is 14.0 Å². The maximum absolute atomic E-state index is 14.0. The molecule has 5 nitrogen and oxygen atoms in total. The lowest BCUT2D eigenvalue weighted by Gasteiger charge is -2.33. The summed E-state index contributed by atoms with van der Waals surface area (Å²) in [6, 6.07) is 0. The van der Waals surface area contributed by atoms with Crippen LogP contribution >= 0.6 is 0 Å². The summed E-state index contributed by atoms with van der Waals surface area (Å²) in [6.45, 7) is 8.47. The topological polar surface area (TPSA) is 45.5 Å². The van der Waals surface area contributed by atoms with Crippen LogP contribution < -0.4 is 5.46 Å². The third kappa shape index (κ3) is 2.27. The van der Waals surface area contributed by atoms with Gasteiger partial charge in [0.05, 0.1) is 31.0 Å². The minimum atomic E-state index is -1.29. The van der Waals surface area contributed by atoms with Crippen LogP contribution in [-0.4, -0.2) is 47.0 Å². The van der Waals surface area contributed by atoms with E-state index >= 15 is 0 Å². The van der Waals surface area contributed by atoms with Crippen molar-refractivity contribution in [3.8, 4) is 0 Å². The molecule has 0 bridgehead atoms. The van der Waals surface area contributed by atoms with Gasteiger partial charge in [0.2, 0.25) is 0 Å². The van der Waals surface area contributed by atoms with Crippen molar-refractivity contribution < 1.29 is 18.4 Å². The lowest BCUT2D eigenvalue weighted by molar-refractivity contribution is -0.138. The number of nitrogens with zero attached hydrogens (tertiary/aromatic N) is 2. The van der Waals surface area contributed by atoms with E-state index in [2.05, 4.69) is 5.10 Å². The number of hydrogen-bond acceptors (Lipinski definition) is 4. The van der Waals surface area contributed by atoms with E-state index in [9.17, 15) is 4.39 Å². The van der Waals surface area contributed by atoms with Crippen LogP contribution in [0, 0.1) is 0 Å². The molecule has 3 heterocycles. The van der Waals surface area contributed by atoms with E-state index in [4.69, 9.17) is 14.0 Å². The molecule has 0 aliphatic carbocycles. The fraction of sp³-hybridized carbons (Fsp3) is 0.769. The van der Waals surface area contributed by atoms with Crippen molar-refractivity contribution in [3.05, 3.63) is 12.4 Å². The van der Waals surface area contributed by atoms with E-state index in [0.717, 1.165) is 5.46 Å². The minimum Gasteiger partial charge on any atom is -0.399 e. The molecule has 1 aromatic rings. The molecule has 0 aromatic carbocycles. The molecule has 2 aliphatic rings. The van der Waals surface area contributed by atoms with Crippen molar-refractivity contribution in [2.45, 2.75) is 51.1 Å². The molecule has 0 saturated carbocycles. The van der Waals surface area contributed by atoms with Gasteiger partial charge in [-0.05, 0) is 27.7 Å². The number of aromatic nitrogens is 2. The standard InChI is InChI=1S/C13H20BFN2O3/c1-11(2)12(3,4)20-14(19-11)10-5-16-17(6-10)7-13(15)8-18-9-13/h5-6H,7-9H2,1-4H3. The Balaban J connectivity index is 1.72. The van der Waals surface area contributed by atoms with Crippen molar-refractivity contribution >= 4 is 12.6 Å². The van der Waals surface area contributed by atoms with Crippen LogP contribution in [0.3, 0.4) is 0 Å². The first kappa shape index (κ1) is 14.0.